The van der Waals surface area contributed by atoms with Gasteiger partial charge >= 0.3 is 5.97 Å². The smallest absolute Gasteiger partial charge is 0.335 e. The number of aromatic nitrogens is 1. The lowest BCUT2D eigenvalue weighted by atomic mass is 10.2. The lowest BCUT2D eigenvalue weighted by Gasteiger charge is -2.15. The number of benzene rings is 1. The van der Waals surface area contributed by atoms with E-state index in [1.807, 2.05) is 0 Å². The average Bonchev–Trinajstić information content (AvgIpc) is 3.48. The third kappa shape index (κ3) is 4.79. The molecule has 1 aromatic carbocycles. The molecule has 0 spiro atoms. The molecule has 1 heterocycles. The topological polar surface area (TPSA) is 112 Å². The summed E-state index contributed by atoms with van der Waals surface area (Å²) in [6.07, 6.45) is 2.34. The van der Waals surface area contributed by atoms with Gasteiger partial charge in [0, 0.05) is 13.2 Å². The van der Waals surface area contributed by atoms with Crippen molar-refractivity contribution in [2.24, 2.45) is 0 Å². The molecule has 1 aliphatic carbocycles. The van der Waals surface area contributed by atoms with Crippen LogP contribution in [-0.2, 0) is 14.6 Å². The van der Waals surface area contributed by atoms with E-state index >= 15 is 0 Å². The monoisotopic (exact) mass is 407 g/mol. The molecule has 150 valence electrons. The lowest BCUT2D eigenvalue weighted by Crippen LogP contribution is -2.18. The van der Waals surface area contributed by atoms with Crippen LogP contribution in [0.3, 0.4) is 0 Å². The van der Waals surface area contributed by atoms with Crippen LogP contribution in [0.2, 0.25) is 0 Å². The molecule has 8 nitrogen and oxygen atoms in total. The number of sulfone groups is 1. The lowest BCUT2D eigenvalue weighted by molar-refractivity contribution is 0.0693. The third-order valence-corrected chi connectivity index (χ3v) is 6.24. The van der Waals surface area contributed by atoms with Gasteiger partial charge in [0.1, 0.15) is 23.4 Å². The van der Waals surface area contributed by atoms with E-state index in [2.05, 4.69) is 4.98 Å². The second-order valence-corrected chi connectivity index (χ2v) is 8.74. The van der Waals surface area contributed by atoms with Crippen LogP contribution in [0.1, 0.15) is 30.1 Å². The minimum atomic E-state index is -3.38. The molecular weight excluding hydrogens is 386 g/mol. The summed E-state index contributed by atoms with van der Waals surface area (Å²) in [5.41, 5.74) is -0.00185. The summed E-state index contributed by atoms with van der Waals surface area (Å²) in [5, 5.41) is 8.98. The first-order valence-corrected chi connectivity index (χ1v) is 10.3. The van der Waals surface area contributed by atoms with E-state index in [9.17, 15) is 18.3 Å². The first kappa shape index (κ1) is 20.1. The van der Waals surface area contributed by atoms with Gasteiger partial charge in [-0.2, -0.15) is 0 Å². The van der Waals surface area contributed by atoms with E-state index in [-0.39, 0.29) is 33.4 Å². The molecule has 0 aliphatic heterocycles. The molecule has 1 saturated carbocycles. The van der Waals surface area contributed by atoms with Gasteiger partial charge in [-0.25, -0.2) is 18.2 Å². The van der Waals surface area contributed by atoms with Crippen molar-refractivity contribution in [1.29, 1.82) is 0 Å². The number of carboxylic acids is 1. The maximum atomic E-state index is 12.2. The van der Waals surface area contributed by atoms with Gasteiger partial charge in [-0.1, -0.05) is 0 Å². The van der Waals surface area contributed by atoms with Gasteiger partial charge in [-0.05, 0) is 44.0 Å². The molecule has 1 atom stereocenters. The largest absolute Gasteiger partial charge is 0.488 e. The summed E-state index contributed by atoms with van der Waals surface area (Å²) in [4.78, 5) is 15.4. The van der Waals surface area contributed by atoms with E-state index in [1.54, 1.807) is 20.1 Å². The van der Waals surface area contributed by atoms with Crippen LogP contribution in [0.25, 0.3) is 0 Å². The van der Waals surface area contributed by atoms with Crippen molar-refractivity contribution in [1.82, 2.24) is 4.98 Å². The van der Waals surface area contributed by atoms with Crippen LogP contribution in [0.5, 0.6) is 17.2 Å². The second-order valence-electron chi connectivity index (χ2n) is 6.56. The van der Waals surface area contributed by atoms with E-state index in [0.29, 0.717) is 25.2 Å². The Morgan fingerprint density at radius 3 is 2.50 bits per heavy atom. The van der Waals surface area contributed by atoms with E-state index in [4.69, 9.17) is 14.2 Å². The molecular formula is C19H21NO7S. The molecule has 1 aromatic heterocycles. The third-order valence-electron chi connectivity index (χ3n) is 4.07. The van der Waals surface area contributed by atoms with Gasteiger partial charge in [0.15, 0.2) is 14.9 Å². The maximum Gasteiger partial charge on any atom is 0.335 e. The minimum Gasteiger partial charge on any atom is -0.488 e. The Morgan fingerprint density at radius 1 is 1.21 bits per heavy atom. The van der Waals surface area contributed by atoms with Gasteiger partial charge in [0.2, 0.25) is 0 Å². The van der Waals surface area contributed by atoms with E-state index in [1.165, 1.54) is 30.5 Å². The van der Waals surface area contributed by atoms with Crippen LogP contribution >= 0.6 is 0 Å². The Balaban J connectivity index is 1.80. The highest BCUT2D eigenvalue weighted by Crippen LogP contribution is 2.33. The predicted molar refractivity (Wildman–Crippen MR) is 99.9 cm³/mol. The van der Waals surface area contributed by atoms with Gasteiger partial charge in [0.05, 0.1) is 23.6 Å². The number of hydrogen-bond donors (Lipinski definition) is 1. The number of hydrogen-bond acceptors (Lipinski definition) is 7. The fraction of sp³-hybridized carbons (Fsp3) is 0.368. The Kier molecular flexibility index (Phi) is 5.85. The molecule has 1 aliphatic rings. The van der Waals surface area contributed by atoms with Crippen molar-refractivity contribution < 1.29 is 32.5 Å². The Morgan fingerprint density at radius 2 is 1.93 bits per heavy atom. The standard InChI is InChI=1S/C19H21NO7S/c1-12(11-25-2)26-15-7-13(19(21)22)8-16(9-15)27-14-3-6-18(20-10-14)28(23,24)17-4-5-17/h3,6-10,12,17H,4-5,11H2,1-2H3,(H,21,22)/t12-/m0/s1. The molecule has 2 aromatic rings. The predicted octanol–water partition coefficient (Wildman–Crippen LogP) is 2.92. The molecule has 1 N–H and O–H groups in total. The van der Waals surface area contributed by atoms with Crippen LogP contribution < -0.4 is 9.47 Å². The molecule has 3 rings (SSSR count). The molecule has 1 fully saturated rings. The second kappa shape index (κ2) is 8.15. The summed E-state index contributed by atoms with van der Waals surface area (Å²) in [7, 11) is -1.83. The van der Waals surface area contributed by atoms with Crippen LogP contribution in [0.4, 0.5) is 0 Å². The van der Waals surface area contributed by atoms with E-state index < -0.39 is 15.8 Å². The summed E-state index contributed by atoms with van der Waals surface area (Å²) < 4.78 is 40.7. The minimum absolute atomic E-state index is 0.00185. The molecule has 28 heavy (non-hydrogen) atoms. The highest BCUT2D eigenvalue weighted by Gasteiger charge is 2.37. The zero-order valence-corrected chi connectivity index (χ0v) is 16.3. The summed E-state index contributed by atoms with van der Waals surface area (Å²) in [6.45, 7) is 2.13. The van der Waals surface area contributed by atoms with Crippen molar-refractivity contribution >= 4 is 15.8 Å². The number of carboxylic acid groups (broad SMARTS) is 1. The number of aromatic carboxylic acids is 1. The van der Waals surface area contributed by atoms with E-state index in [0.717, 1.165) is 0 Å². The molecule has 9 heteroatoms. The zero-order chi connectivity index (χ0) is 20.3. The highest BCUT2D eigenvalue weighted by atomic mass is 32.2. The number of carbonyl (C=O) groups is 1. The van der Waals surface area contributed by atoms with Crippen molar-refractivity contribution in [3.8, 4) is 17.2 Å². The van der Waals surface area contributed by atoms with Crippen molar-refractivity contribution in [3.63, 3.8) is 0 Å². The van der Waals surface area contributed by atoms with Crippen LogP contribution in [-0.4, -0.2) is 49.5 Å². The SMILES string of the molecule is COC[C@H](C)Oc1cc(Oc2ccc(S(=O)(=O)C3CC3)nc2)cc(C(=O)O)c1. The van der Waals surface area contributed by atoms with Gasteiger partial charge < -0.3 is 19.3 Å². The van der Waals surface area contributed by atoms with Crippen molar-refractivity contribution in [3.05, 3.63) is 42.1 Å². The van der Waals surface area contributed by atoms with Crippen molar-refractivity contribution in [2.75, 3.05) is 13.7 Å². The first-order chi connectivity index (χ1) is 13.3. The Labute approximate surface area is 163 Å². The first-order valence-electron chi connectivity index (χ1n) is 8.71. The molecule has 0 saturated heterocycles. The number of rotatable bonds is 9. The van der Waals surface area contributed by atoms with Crippen LogP contribution in [0, 0.1) is 0 Å². The Bertz CT molecular complexity index is 953. The van der Waals surface area contributed by atoms with Gasteiger partial charge in [-0.3, -0.25) is 0 Å². The highest BCUT2D eigenvalue weighted by molar-refractivity contribution is 7.92. The number of ether oxygens (including phenoxy) is 3. The maximum absolute atomic E-state index is 12.2. The van der Waals surface area contributed by atoms with Crippen molar-refractivity contribution in [2.45, 2.75) is 36.1 Å². The number of methoxy groups -OCH3 is 1. The molecule has 0 bridgehead atoms. The molecule has 0 radical (unpaired) electrons. The van der Waals surface area contributed by atoms with Gasteiger partial charge in [0.25, 0.3) is 0 Å². The molecule has 0 unspecified atom stereocenters. The quantitative estimate of drug-likeness (QED) is 0.675. The Hall–Kier alpha value is -2.65. The zero-order valence-electron chi connectivity index (χ0n) is 15.5. The fourth-order valence-corrected chi connectivity index (χ4v) is 4.16. The normalized spacial score (nSPS) is 15.1. The molecule has 0 amide bonds. The summed E-state index contributed by atoms with van der Waals surface area (Å²) in [5.74, 6) is -0.286. The average molecular weight is 407 g/mol. The summed E-state index contributed by atoms with van der Waals surface area (Å²) in [6, 6.07) is 7.18. The van der Waals surface area contributed by atoms with Crippen LogP contribution in [0.15, 0.2) is 41.6 Å². The van der Waals surface area contributed by atoms with Gasteiger partial charge in [-0.15, -0.1) is 0 Å². The number of nitrogens with zero attached hydrogens (tertiary/aromatic N) is 1. The summed E-state index contributed by atoms with van der Waals surface area (Å²) >= 11 is 0. The number of pyridine rings is 1. The fourth-order valence-electron chi connectivity index (χ4n) is 2.60.